The van der Waals surface area contributed by atoms with Crippen LogP contribution in [0.25, 0.3) is 0 Å². The van der Waals surface area contributed by atoms with Gasteiger partial charge in [0, 0.05) is 0 Å². The first-order chi connectivity index (χ1) is 11.3. The molecule has 1 rings (SSSR count). The zero-order valence-electron chi connectivity index (χ0n) is 15.8. The number of benzene rings is 1. The van der Waals surface area contributed by atoms with Gasteiger partial charge < -0.3 is 10.9 Å². The second kappa shape index (κ2) is 12.2. The van der Waals surface area contributed by atoms with E-state index >= 15 is 0 Å². The summed E-state index contributed by atoms with van der Waals surface area (Å²) in [7, 11) is -4.70. The first-order valence-electron chi connectivity index (χ1n) is 7.77. The van der Waals surface area contributed by atoms with Gasteiger partial charge in [0.05, 0.1) is 24.3 Å². The summed E-state index contributed by atoms with van der Waals surface area (Å²) in [5, 5.41) is 0. The van der Waals surface area contributed by atoms with Crippen LogP contribution >= 0.6 is 0 Å². The van der Waals surface area contributed by atoms with Crippen molar-refractivity contribution in [3.8, 4) is 0 Å². The zero-order valence-corrected chi connectivity index (χ0v) is 18.7. The second-order valence-corrected chi connectivity index (χ2v) is 6.55. The molecule has 0 saturated heterocycles. The van der Waals surface area contributed by atoms with Crippen LogP contribution in [-0.2, 0) is 19.6 Å². The van der Waals surface area contributed by atoms with E-state index in [2.05, 4.69) is 0 Å². The van der Waals surface area contributed by atoms with E-state index in [1.807, 2.05) is 13.8 Å². The molecule has 0 heterocycles. The van der Waals surface area contributed by atoms with Crippen LogP contribution in [0.1, 0.15) is 61.7 Å². The molecule has 136 valence electrons. The van der Waals surface area contributed by atoms with E-state index in [4.69, 9.17) is 9.47 Å². The molecule has 1 N–H and O–H groups in total. The number of rotatable bonds is 9. The number of ether oxygens (including phenoxy) is 2. The maximum Gasteiger partial charge on any atom is 1.00 e. The summed E-state index contributed by atoms with van der Waals surface area (Å²) >= 11 is 0. The maximum atomic E-state index is 12.0. The van der Waals surface area contributed by atoms with E-state index in [-0.39, 0.29) is 77.2 Å². The summed E-state index contributed by atoms with van der Waals surface area (Å²) < 4.78 is 42.3. The molecular formula is C16H23KO7S. The predicted molar refractivity (Wildman–Crippen MR) is 87.7 cm³/mol. The van der Waals surface area contributed by atoms with Gasteiger partial charge >= 0.3 is 63.3 Å². The minimum Gasteiger partial charge on any atom is -1.00 e. The molecule has 0 unspecified atom stereocenters. The summed E-state index contributed by atoms with van der Waals surface area (Å²) in [5.41, 5.74) is -0.387. The van der Waals surface area contributed by atoms with Gasteiger partial charge in [-0.3, -0.25) is 4.55 Å². The first kappa shape index (κ1) is 24.7. The van der Waals surface area contributed by atoms with Crippen LogP contribution in [0.5, 0.6) is 0 Å². The normalized spacial score (nSPS) is 10.7. The van der Waals surface area contributed by atoms with E-state index in [9.17, 15) is 22.6 Å². The Hall–Kier alpha value is -0.294. The van der Waals surface area contributed by atoms with E-state index in [1.54, 1.807) is 0 Å². The minimum absolute atomic E-state index is 0. The van der Waals surface area contributed by atoms with Gasteiger partial charge in [0.2, 0.25) is 0 Å². The van der Waals surface area contributed by atoms with Gasteiger partial charge in [0.1, 0.15) is 4.90 Å². The molecule has 0 bridgehead atoms. The van der Waals surface area contributed by atoms with Crippen LogP contribution in [0.4, 0.5) is 0 Å². The Balaban J connectivity index is 0. The van der Waals surface area contributed by atoms with Crippen molar-refractivity contribution in [2.24, 2.45) is 0 Å². The van der Waals surface area contributed by atoms with Gasteiger partial charge in [-0.1, -0.05) is 26.7 Å². The second-order valence-electron chi connectivity index (χ2n) is 5.16. The van der Waals surface area contributed by atoms with Crippen LogP contribution in [0, 0.1) is 0 Å². The van der Waals surface area contributed by atoms with E-state index in [0.717, 1.165) is 25.0 Å². The molecule has 0 amide bonds. The summed E-state index contributed by atoms with van der Waals surface area (Å²) in [6.45, 7) is 4.19. The van der Waals surface area contributed by atoms with E-state index < -0.39 is 27.0 Å². The third-order valence-corrected chi connectivity index (χ3v) is 4.07. The van der Waals surface area contributed by atoms with Crippen LogP contribution in [0.2, 0.25) is 0 Å². The van der Waals surface area contributed by atoms with Crippen molar-refractivity contribution in [2.45, 2.75) is 44.4 Å². The maximum absolute atomic E-state index is 12.0. The fourth-order valence-corrected chi connectivity index (χ4v) is 2.52. The molecule has 25 heavy (non-hydrogen) atoms. The summed E-state index contributed by atoms with van der Waals surface area (Å²) in [6.07, 6.45) is 2.96. The zero-order chi connectivity index (χ0) is 18.2. The van der Waals surface area contributed by atoms with Gasteiger partial charge in [-0.2, -0.15) is 8.42 Å². The van der Waals surface area contributed by atoms with Crippen molar-refractivity contribution < 1.29 is 84.8 Å². The monoisotopic (exact) mass is 398 g/mol. The van der Waals surface area contributed by atoms with Gasteiger partial charge in [-0.25, -0.2) is 9.59 Å². The van der Waals surface area contributed by atoms with Crippen molar-refractivity contribution in [3.05, 3.63) is 29.3 Å². The topological polar surface area (TPSA) is 107 Å². The van der Waals surface area contributed by atoms with Crippen LogP contribution < -0.4 is 51.4 Å². The average molecular weight is 399 g/mol. The summed E-state index contributed by atoms with van der Waals surface area (Å²) in [6, 6.07) is 3.31. The Morgan fingerprint density at radius 1 is 1.04 bits per heavy atom. The number of carbonyl (C=O) groups is 2. The van der Waals surface area contributed by atoms with Gasteiger partial charge in [-0.05, 0) is 31.0 Å². The smallest absolute Gasteiger partial charge is 1.00 e. The van der Waals surface area contributed by atoms with Crippen LogP contribution in [0.3, 0.4) is 0 Å². The summed E-state index contributed by atoms with van der Waals surface area (Å²) in [4.78, 5) is 23.2. The van der Waals surface area contributed by atoms with Gasteiger partial charge in [-0.15, -0.1) is 0 Å². The van der Waals surface area contributed by atoms with Crippen molar-refractivity contribution in [1.29, 1.82) is 0 Å². The molecule has 0 fully saturated rings. The van der Waals surface area contributed by atoms with Gasteiger partial charge in [0.15, 0.2) is 0 Å². The number of hydrogen-bond donors (Lipinski definition) is 1. The van der Waals surface area contributed by atoms with Crippen molar-refractivity contribution >= 4 is 22.1 Å². The van der Waals surface area contributed by atoms with E-state index in [0.29, 0.717) is 12.8 Å². The fraction of sp³-hybridized carbons (Fsp3) is 0.500. The molecule has 9 heteroatoms. The van der Waals surface area contributed by atoms with Crippen LogP contribution in [-0.4, -0.2) is 38.1 Å². The molecule has 0 atom stereocenters. The number of unbranched alkanes of at least 4 members (excludes halogenated alkanes) is 2. The molecule has 0 saturated carbocycles. The summed E-state index contributed by atoms with van der Waals surface area (Å²) in [5.74, 6) is -1.60. The Morgan fingerprint density at radius 3 is 2.04 bits per heavy atom. The number of hydrogen-bond acceptors (Lipinski definition) is 6. The number of esters is 2. The minimum atomic E-state index is -4.70. The molecule has 0 aliphatic carbocycles. The molecule has 1 aromatic rings. The van der Waals surface area contributed by atoms with Crippen molar-refractivity contribution in [3.63, 3.8) is 0 Å². The average Bonchev–Trinajstić information content (AvgIpc) is 2.53. The quantitative estimate of drug-likeness (QED) is 0.269. The standard InChI is InChI=1S/C16H22O7S.K.H/c1-3-5-9-22-15(17)12-7-8-13(14(11-12)24(19,20)21)16(18)23-10-6-4-2;;/h7-8,11H,3-6,9-10H2,1-2H3,(H,19,20,21);;/q;+1;-1. The van der Waals surface area contributed by atoms with E-state index in [1.165, 1.54) is 6.07 Å². The van der Waals surface area contributed by atoms with Crippen LogP contribution in [0.15, 0.2) is 23.1 Å². The molecule has 0 aliphatic heterocycles. The molecule has 7 nitrogen and oxygen atoms in total. The Labute approximate surface area is 192 Å². The Morgan fingerprint density at radius 2 is 1.56 bits per heavy atom. The fourth-order valence-electron chi connectivity index (χ4n) is 1.81. The predicted octanol–water partition coefficient (Wildman–Crippen LogP) is -0.0364. The third kappa shape index (κ3) is 8.29. The van der Waals surface area contributed by atoms with Crippen molar-refractivity contribution in [1.82, 2.24) is 0 Å². The molecule has 0 aliphatic rings. The first-order valence-corrected chi connectivity index (χ1v) is 9.21. The molecule has 0 spiro atoms. The third-order valence-electron chi connectivity index (χ3n) is 3.18. The van der Waals surface area contributed by atoms with Crippen molar-refractivity contribution in [2.75, 3.05) is 13.2 Å². The number of carbonyl (C=O) groups excluding carboxylic acids is 2. The van der Waals surface area contributed by atoms with Gasteiger partial charge in [0.25, 0.3) is 10.1 Å². The Bertz CT molecular complexity index is 692. The molecule has 0 radical (unpaired) electrons. The SMILES string of the molecule is CCCCOC(=O)c1ccc(C(=O)OCCCC)c(S(=O)(=O)O)c1.[H-].[K+]. The molecule has 1 aromatic carbocycles. The largest absolute Gasteiger partial charge is 1.00 e. The molecule has 0 aromatic heterocycles. The Kier molecular flexibility index (Phi) is 12.0. The molecular weight excluding hydrogens is 375 g/mol.